The van der Waals surface area contributed by atoms with Gasteiger partial charge in [0.1, 0.15) is 12.3 Å². The quantitative estimate of drug-likeness (QED) is 0.543. The number of nitrogens with one attached hydrogen (secondary N) is 3. The number of aromatic nitrogens is 1. The number of halogens is 4. The van der Waals surface area contributed by atoms with Gasteiger partial charge in [-0.2, -0.15) is 13.2 Å². The first-order valence-electron chi connectivity index (χ1n) is 10.5. The lowest BCUT2D eigenvalue weighted by atomic mass is 9.88. The Hall–Kier alpha value is -3.05. The van der Waals surface area contributed by atoms with Crippen LogP contribution in [0, 0.1) is 0 Å². The fraction of sp³-hybridized carbons (Fsp3) is 0.409. The second-order valence-electron chi connectivity index (χ2n) is 7.86. The molecule has 0 spiro atoms. The first-order chi connectivity index (χ1) is 16.1. The van der Waals surface area contributed by atoms with E-state index in [1.54, 1.807) is 47.5 Å². The Labute approximate surface area is 199 Å². The number of alkyl halides is 3. The Balaban J connectivity index is 1.67. The Bertz CT molecular complexity index is 973. The summed E-state index contributed by atoms with van der Waals surface area (Å²) in [4.78, 5) is 30.8. The average Bonchev–Trinajstić information content (AvgIpc) is 2.80. The Kier molecular flexibility index (Phi) is 8.56. The zero-order valence-corrected chi connectivity index (χ0v) is 19.1. The summed E-state index contributed by atoms with van der Waals surface area (Å²) in [5, 5.41) is 8.13. The zero-order valence-electron chi connectivity index (χ0n) is 18.4. The van der Waals surface area contributed by atoms with E-state index in [0.29, 0.717) is 41.7 Å². The van der Waals surface area contributed by atoms with E-state index < -0.39 is 24.7 Å². The molecule has 3 amide bonds. The molecule has 2 aromatic rings. The van der Waals surface area contributed by atoms with Crippen molar-refractivity contribution in [2.45, 2.75) is 24.6 Å². The number of anilines is 1. The Morgan fingerprint density at radius 3 is 2.56 bits per heavy atom. The molecule has 184 valence electrons. The number of carbonyl (C=O) groups is 2. The number of hydrogen-bond donors (Lipinski definition) is 3. The van der Waals surface area contributed by atoms with Crippen molar-refractivity contribution in [1.29, 1.82) is 0 Å². The minimum atomic E-state index is -4.47. The van der Waals surface area contributed by atoms with E-state index in [1.807, 2.05) is 5.32 Å². The van der Waals surface area contributed by atoms with Gasteiger partial charge in [0.2, 0.25) is 5.91 Å². The topological polar surface area (TPSA) is 95.6 Å². The molecule has 0 bridgehead atoms. The molecule has 2 atom stereocenters. The molecular formula is C22H25ClF3N5O3. The molecule has 1 fully saturated rings. The molecule has 1 aliphatic rings. The number of methoxy groups -OCH3 is 1. The number of pyridine rings is 1. The molecule has 8 nitrogen and oxygen atoms in total. The van der Waals surface area contributed by atoms with Crippen molar-refractivity contribution in [1.82, 2.24) is 20.5 Å². The van der Waals surface area contributed by atoms with E-state index in [4.69, 9.17) is 16.3 Å². The van der Waals surface area contributed by atoms with Gasteiger partial charge in [-0.05, 0) is 42.8 Å². The molecule has 1 aliphatic heterocycles. The molecule has 0 radical (unpaired) electrons. The molecular weight excluding hydrogens is 475 g/mol. The van der Waals surface area contributed by atoms with Gasteiger partial charge in [-0.25, -0.2) is 4.79 Å². The van der Waals surface area contributed by atoms with Gasteiger partial charge in [-0.3, -0.25) is 14.7 Å². The maximum Gasteiger partial charge on any atom is 0.405 e. The van der Waals surface area contributed by atoms with E-state index in [2.05, 4.69) is 15.6 Å². The molecule has 3 rings (SSSR count). The van der Waals surface area contributed by atoms with Crippen LogP contribution in [0.4, 0.5) is 23.7 Å². The van der Waals surface area contributed by atoms with Crippen molar-refractivity contribution in [2.75, 3.05) is 38.6 Å². The monoisotopic (exact) mass is 499 g/mol. The SMILES string of the molecule is COc1ccc([C@@H]2CN(CC(=O)NCC(F)(F)F)CC[C@H]2NC(=O)Nc2ccc(Cl)cc2)nc1. The van der Waals surface area contributed by atoms with Crippen LogP contribution in [0.25, 0.3) is 0 Å². The number of piperidine rings is 1. The molecule has 1 saturated heterocycles. The fourth-order valence-corrected chi connectivity index (χ4v) is 3.82. The molecule has 3 N–H and O–H groups in total. The maximum atomic E-state index is 12.6. The Morgan fingerprint density at radius 1 is 1.21 bits per heavy atom. The lowest BCUT2D eigenvalue weighted by molar-refractivity contribution is -0.139. The van der Waals surface area contributed by atoms with Crippen LogP contribution < -0.4 is 20.7 Å². The molecule has 0 saturated carbocycles. The third-order valence-corrected chi connectivity index (χ3v) is 5.60. The van der Waals surface area contributed by atoms with E-state index in [-0.39, 0.29) is 18.5 Å². The summed E-state index contributed by atoms with van der Waals surface area (Å²) in [6.45, 7) is -0.826. The number of hydrogen-bond acceptors (Lipinski definition) is 5. The van der Waals surface area contributed by atoms with Gasteiger partial charge in [-0.15, -0.1) is 0 Å². The number of ether oxygens (including phenoxy) is 1. The van der Waals surface area contributed by atoms with Crippen LogP contribution in [0.15, 0.2) is 42.6 Å². The van der Waals surface area contributed by atoms with Crippen LogP contribution in [-0.4, -0.2) is 67.3 Å². The van der Waals surface area contributed by atoms with Crippen LogP contribution >= 0.6 is 11.6 Å². The normalized spacial score (nSPS) is 18.7. The van der Waals surface area contributed by atoms with Gasteiger partial charge < -0.3 is 20.7 Å². The third-order valence-electron chi connectivity index (χ3n) is 5.34. The highest BCUT2D eigenvalue weighted by Gasteiger charge is 2.34. The molecule has 1 aromatic carbocycles. The standard InChI is InChI=1S/C22H25ClF3N5O3/c1-34-16-6-7-18(27-10-16)17-11-31(12-20(32)28-13-22(24,25)26)9-8-19(17)30-21(33)29-15-4-2-14(23)3-5-15/h2-7,10,17,19H,8-9,11-13H2,1H3,(H,28,32)(H2,29,30,33)/t17-,19+/m0/s1. The predicted octanol–water partition coefficient (Wildman–Crippen LogP) is 3.40. The van der Waals surface area contributed by atoms with Crippen LogP contribution in [0.1, 0.15) is 18.0 Å². The van der Waals surface area contributed by atoms with E-state index in [1.165, 1.54) is 7.11 Å². The zero-order chi connectivity index (χ0) is 24.7. The highest BCUT2D eigenvalue weighted by molar-refractivity contribution is 6.30. The van der Waals surface area contributed by atoms with Crippen LogP contribution in [0.2, 0.25) is 5.02 Å². The largest absolute Gasteiger partial charge is 0.495 e. The van der Waals surface area contributed by atoms with Gasteiger partial charge in [-0.1, -0.05) is 11.6 Å². The highest BCUT2D eigenvalue weighted by Crippen LogP contribution is 2.27. The lowest BCUT2D eigenvalue weighted by Gasteiger charge is -2.38. The second-order valence-corrected chi connectivity index (χ2v) is 8.29. The number of carbonyl (C=O) groups excluding carboxylic acids is 2. The first-order valence-corrected chi connectivity index (χ1v) is 10.9. The first kappa shape index (κ1) is 25.6. The fourth-order valence-electron chi connectivity index (χ4n) is 3.69. The number of rotatable bonds is 7. The van der Waals surface area contributed by atoms with Crippen molar-refractivity contribution in [3.8, 4) is 5.75 Å². The second kappa shape index (κ2) is 11.4. The summed E-state index contributed by atoms with van der Waals surface area (Å²) in [6, 6.07) is 9.43. The molecule has 0 unspecified atom stereocenters. The highest BCUT2D eigenvalue weighted by atomic mass is 35.5. The Morgan fingerprint density at radius 2 is 1.94 bits per heavy atom. The lowest BCUT2D eigenvalue weighted by Crippen LogP contribution is -2.52. The van der Waals surface area contributed by atoms with Crippen LogP contribution in [0.5, 0.6) is 5.75 Å². The van der Waals surface area contributed by atoms with Crippen molar-refractivity contribution in [2.24, 2.45) is 0 Å². The van der Waals surface area contributed by atoms with E-state index in [0.717, 1.165) is 0 Å². The van der Waals surface area contributed by atoms with Crippen LogP contribution in [0.3, 0.4) is 0 Å². The molecule has 34 heavy (non-hydrogen) atoms. The number of amides is 3. The van der Waals surface area contributed by atoms with Gasteiger partial charge >= 0.3 is 12.2 Å². The van der Waals surface area contributed by atoms with E-state index >= 15 is 0 Å². The van der Waals surface area contributed by atoms with Crippen LogP contribution in [-0.2, 0) is 4.79 Å². The maximum absolute atomic E-state index is 12.6. The van der Waals surface area contributed by atoms with Crippen molar-refractivity contribution < 1.29 is 27.5 Å². The summed E-state index contributed by atoms with van der Waals surface area (Å²) >= 11 is 5.87. The van der Waals surface area contributed by atoms with Gasteiger partial charge in [0, 0.05) is 41.5 Å². The minimum Gasteiger partial charge on any atom is -0.495 e. The van der Waals surface area contributed by atoms with Gasteiger partial charge in [0.25, 0.3) is 0 Å². The summed E-state index contributed by atoms with van der Waals surface area (Å²) < 4.78 is 42.3. The average molecular weight is 500 g/mol. The summed E-state index contributed by atoms with van der Waals surface area (Å²) in [7, 11) is 1.52. The summed E-state index contributed by atoms with van der Waals surface area (Å²) in [6.07, 6.45) is -2.45. The molecule has 2 heterocycles. The number of nitrogens with zero attached hydrogens (tertiary/aromatic N) is 2. The van der Waals surface area contributed by atoms with Gasteiger partial charge in [0.15, 0.2) is 0 Å². The molecule has 1 aromatic heterocycles. The molecule has 12 heteroatoms. The smallest absolute Gasteiger partial charge is 0.405 e. The van der Waals surface area contributed by atoms with Crippen molar-refractivity contribution in [3.05, 3.63) is 53.3 Å². The predicted molar refractivity (Wildman–Crippen MR) is 121 cm³/mol. The third kappa shape index (κ3) is 7.77. The minimum absolute atomic E-state index is 0.188. The number of urea groups is 1. The molecule has 0 aliphatic carbocycles. The number of likely N-dealkylation sites (tertiary alicyclic amines) is 1. The summed E-state index contributed by atoms with van der Waals surface area (Å²) in [5.41, 5.74) is 1.23. The van der Waals surface area contributed by atoms with Crippen molar-refractivity contribution in [3.63, 3.8) is 0 Å². The summed E-state index contributed by atoms with van der Waals surface area (Å²) in [5.74, 6) is -0.454. The van der Waals surface area contributed by atoms with Crippen molar-refractivity contribution >= 4 is 29.2 Å². The number of benzene rings is 1. The van der Waals surface area contributed by atoms with E-state index in [9.17, 15) is 22.8 Å². The van der Waals surface area contributed by atoms with Gasteiger partial charge in [0.05, 0.1) is 19.9 Å².